The van der Waals surface area contributed by atoms with Crippen LogP contribution in [-0.4, -0.2) is 33.7 Å². The molecule has 2 aromatic rings. The molecule has 0 bridgehead atoms. The van der Waals surface area contributed by atoms with Crippen LogP contribution in [0.25, 0.3) is 0 Å². The summed E-state index contributed by atoms with van der Waals surface area (Å²) in [6, 6.07) is 13.1. The Bertz CT molecular complexity index is 972. The fourth-order valence-corrected chi connectivity index (χ4v) is 4.38. The molecule has 0 saturated heterocycles. The first kappa shape index (κ1) is 24.7. The van der Waals surface area contributed by atoms with Crippen LogP contribution in [-0.2, 0) is 14.8 Å². The molecule has 1 N–H and O–H groups in total. The maximum atomic E-state index is 12.5. The van der Waals surface area contributed by atoms with E-state index in [0.29, 0.717) is 24.5 Å². The minimum Gasteiger partial charge on any atom is -0.494 e. The molecule has 2 aromatic carbocycles. The monoisotopic (exact) mass is 446 g/mol. The van der Waals surface area contributed by atoms with Crippen molar-refractivity contribution in [2.24, 2.45) is 0 Å². The molecule has 0 radical (unpaired) electrons. The summed E-state index contributed by atoms with van der Waals surface area (Å²) < 4.78 is 31.3. The van der Waals surface area contributed by atoms with E-state index in [2.05, 4.69) is 31.3 Å². The average molecular weight is 447 g/mol. The predicted molar refractivity (Wildman–Crippen MR) is 126 cm³/mol. The van der Waals surface area contributed by atoms with Gasteiger partial charge < -0.3 is 10.1 Å². The number of carbonyl (C=O) groups is 1. The molecule has 6 nitrogen and oxygen atoms in total. The Morgan fingerprint density at radius 3 is 2.29 bits per heavy atom. The minimum atomic E-state index is -3.46. The summed E-state index contributed by atoms with van der Waals surface area (Å²) in [4.78, 5) is 12.5. The molecular formula is C24H34N2O4S. The summed E-state index contributed by atoms with van der Waals surface area (Å²) in [5.74, 6) is 0.612. The van der Waals surface area contributed by atoms with Gasteiger partial charge in [0.05, 0.1) is 24.6 Å². The Morgan fingerprint density at radius 2 is 1.74 bits per heavy atom. The zero-order chi connectivity index (χ0) is 23.0. The fraction of sp³-hybridized carbons (Fsp3) is 0.458. The van der Waals surface area contributed by atoms with Crippen molar-refractivity contribution in [1.82, 2.24) is 5.32 Å². The highest BCUT2D eigenvalue weighted by molar-refractivity contribution is 7.92. The van der Waals surface area contributed by atoms with Gasteiger partial charge in [0.2, 0.25) is 15.9 Å². The van der Waals surface area contributed by atoms with Crippen molar-refractivity contribution >= 4 is 21.6 Å². The number of rotatable bonds is 11. The smallest absolute Gasteiger partial charge is 0.232 e. The second-order valence-corrected chi connectivity index (χ2v) is 9.64. The Hall–Kier alpha value is -2.54. The first-order chi connectivity index (χ1) is 14.7. The molecule has 0 aliphatic carbocycles. The van der Waals surface area contributed by atoms with Gasteiger partial charge in [-0.2, -0.15) is 0 Å². The Morgan fingerprint density at radius 1 is 1.06 bits per heavy atom. The number of nitrogens with zero attached hydrogens (tertiary/aromatic N) is 1. The summed E-state index contributed by atoms with van der Waals surface area (Å²) in [6.45, 7) is 8.85. The molecule has 0 saturated carbocycles. The summed E-state index contributed by atoms with van der Waals surface area (Å²) in [5, 5.41) is 3.08. The molecule has 31 heavy (non-hydrogen) atoms. The summed E-state index contributed by atoms with van der Waals surface area (Å²) in [7, 11) is -3.46. The maximum Gasteiger partial charge on any atom is 0.232 e. The van der Waals surface area contributed by atoms with Gasteiger partial charge in [0, 0.05) is 13.0 Å². The molecule has 0 aliphatic heterocycles. The van der Waals surface area contributed by atoms with Crippen LogP contribution in [0.4, 0.5) is 5.69 Å². The van der Waals surface area contributed by atoms with Crippen molar-refractivity contribution < 1.29 is 17.9 Å². The van der Waals surface area contributed by atoms with E-state index in [-0.39, 0.29) is 24.9 Å². The van der Waals surface area contributed by atoms with E-state index in [0.717, 1.165) is 12.0 Å². The van der Waals surface area contributed by atoms with E-state index in [1.807, 2.05) is 19.9 Å². The van der Waals surface area contributed by atoms with Crippen LogP contribution in [0.3, 0.4) is 0 Å². The topological polar surface area (TPSA) is 75.7 Å². The van der Waals surface area contributed by atoms with Gasteiger partial charge in [-0.25, -0.2) is 8.42 Å². The van der Waals surface area contributed by atoms with Crippen molar-refractivity contribution in [2.45, 2.75) is 53.0 Å². The SMILES string of the molecule is CCOc1ccc(N(CCCC(=O)N[C@@H](CC)c2ccc(C)c(C)c2)S(C)(=O)=O)cc1. The Balaban J connectivity index is 1.97. The highest BCUT2D eigenvalue weighted by Crippen LogP contribution is 2.23. The van der Waals surface area contributed by atoms with Crippen molar-refractivity contribution in [2.75, 3.05) is 23.7 Å². The predicted octanol–water partition coefficient (Wildman–Crippen LogP) is 4.52. The average Bonchev–Trinajstić information content (AvgIpc) is 2.71. The first-order valence-electron chi connectivity index (χ1n) is 10.7. The van der Waals surface area contributed by atoms with Gasteiger partial charge in [-0.1, -0.05) is 25.1 Å². The van der Waals surface area contributed by atoms with E-state index in [1.165, 1.54) is 21.7 Å². The molecule has 0 aliphatic rings. The van der Waals surface area contributed by atoms with Crippen molar-refractivity contribution in [1.29, 1.82) is 0 Å². The third kappa shape index (κ3) is 7.28. The lowest BCUT2D eigenvalue weighted by molar-refractivity contribution is -0.121. The molecule has 0 fully saturated rings. The summed E-state index contributed by atoms with van der Waals surface area (Å²) >= 11 is 0. The first-order valence-corrected chi connectivity index (χ1v) is 12.6. The largest absolute Gasteiger partial charge is 0.494 e. The van der Waals surface area contributed by atoms with Crippen LogP contribution in [0.5, 0.6) is 5.75 Å². The number of benzene rings is 2. The van der Waals surface area contributed by atoms with Crippen LogP contribution in [0.1, 0.15) is 55.8 Å². The molecule has 0 spiro atoms. The number of ether oxygens (including phenoxy) is 1. The second kappa shape index (κ2) is 11.2. The summed E-state index contributed by atoms with van der Waals surface area (Å²) in [6.07, 6.45) is 2.64. The number of carbonyl (C=O) groups excluding carboxylic acids is 1. The highest BCUT2D eigenvalue weighted by Gasteiger charge is 2.19. The number of sulfonamides is 1. The van der Waals surface area contributed by atoms with E-state index in [1.54, 1.807) is 24.3 Å². The lowest BCUT2D eigenvalue weighted by Crippen LogP contribution is -2.33. The second-order valence-electron chi connectivity index (χ2n) is 7.74. The van der Waals surface area contributed by atoms with E-state index < -0.39 is 10.0 Å². The lowest BCUT2D eigenvalue weighted by atomic mass is 9.99. The van der Waals surface area contributed by atoms with Gasteiger partial charge in [-0.15, -0.1) is 0 Å². The van der Waals surface area contributed by atoms with Gasteiger partial charge in [0.15, 0.2) is 0 Å². The van der Waals surface area contributed by atoms with E-state index in [9.17, 15) is 13.2 Å². The highest BCUT2D eigenvalue weighted by atomic mass is 32.2. The fourth-order valence-electron chi connectivity index (χ4n) is 3.41. The zero-order valence-corrected chi connectivity index (χ0v) is 20.0. The molecule has 7 heteroatoms. The van der Waals surface area contributed by atoms with E-state index >= 15 is 0 Å². The molecule has 170 valence electrons. The van der Waals surface area contributed by atoms with E-state index in [4.69, 9.17) is 4.74 Å². The molecule has 0 unspecified atom stereocenters. The lowest BCUT2D eigenvalue weighted by Gasteiger charge is -2.23. The van der Waals surface area contributed by atoms with Crippen molar-refractivity contribution in [3.63, 3.8) is 0 Å². The number of hydrogen-bond donors (Lipinski definition) is 1. The van der Waals surface area contributed by atoms with Crippen LogP contribution >= 0.6 is 0 Å². The third-order valence-corrected chi connectivity index (χ3v) is 6.47. The van der Waals surface area contributed by atoms with Crippen LogP contribution in [0.15, 0.2) is 42.5 Å². The molecule has 2 rings (SSSR count). The molecule has 0 heterocycles. The van der Waals surface area contributed by atoms with Crippen molar-refractivity contribution in [3.8, 4) is 5.75 Å². The Kier molecular flexibility index (Phi) is 8.92. The zero-order valence-electron chi connectivity index (χ0n) is 19.1. The molecule has 1 atom stereocenters. The van der Waals surface area contributed by atoms with Gasteiger partial charge in [-0.3, -0.25) is 9.10 Å². The number of amides is 1. The van der Waals surface area contributed by atoms with Gasteiger partial charge in [0.25, 0.3) is 0 Å². The number of aryl methyl sites for hydroxylation is 2. The molecule has 0 aromatic heterocycles. The Labute approximate surface area is 186 Å². The minimum absolute atomic E-state index is 0.0519. The third-order valence-electron chi connectivity index (χ3n) is 5.28. The molecular weight excluding hydrogens is 412 g/mol. The van der Waals surface area contributed by atoms with Crippen LogP contribution < -0.4 is 14.4 Å². The molecule has 1 amide bonds. The quantitative estimate of drug-likeness (QED) is 0.551. The maximum absolute atomic E-state index is 12.5. The number of nitrogens with one attached hydrogen (secondary N) is 1. The standard InChI is InChI=1S/C24H34N2O4S/c1-6-23(20-11-10-18(3)19(4)17-20)25-24(27)9-8-16-26(31(5,28)29)21-12-14-22(15-13-21)30-7-2/h10-15,17,23H,6-9,16H2,1-5H3,(H,25,27)/t23-/m0/s1. The van der Waals surface area contributed by atoms with Gasteiger partial charge >= 0.3 is 0 Å². The van der Waals surface area contributed by atoms with Gasteiger partial charge in [-0.05, 0) is 74.6 Å². The number of anilines is 1. The van der Waals surface area contributed by atoms with Gasteiger partial charge in [0.1, 0.15) is 5.75 Å². The van der Waals surface area contributed by atoms with Crippen LogP contribution in [0, 0.1) is 13.8 Å². The summed E-state index contributed by atoms with van der Waals surface area (Å²) in [5.41, 5.74) is 4.07. The van der Waals surface area contributed by atoms with Crippen LogP contribution in [0.2, 0.25) is 0 Å². The number of hydrogen-bond acceptors (Lipinski definition) is 4. The van der Waals surface area contributed by atoms with Crippen molar-refractivity contribution in [3.05, 3.63) is 59.2 Å². The normalized spacial score (nSPS) is 12.3.